The van der Waals surface area contributed by atoms with Gasteiger partial charge in [0.1, 0.15) is 0 Å². The summed E-state index contributed by atoms with van der Waals surface area (Å²) in [6.45, 7) is 6.40. The van der Waals surface area contributed by atoms with E-state index in [4.69, 9.17) is 0 Å². The second-order valence-electron chi connectivity index (χ2n) is 5.11. The number of aryl methyl sites for hydroxylation is 1. The summed E-state index contributed by atoms with van der Waals surface area (Å²) in [6, 6.07) is 11.1. The Morgan fingerprint density at radius 3 is 2.63 bits per heavy atom. The Morgan fingerprint density at radius 1 is 1.21 bits per heavy atom. The minimum absolute atomic E-state index is 0.414. The van der Waals surface area contributed by atoms with Crippen molar-refractivity contribution >= 4 is 0 Å². The number of nitrogens with one attached hydrogen (secondary N) is 1. The minimum Gasteiger partial charge on any atom is -0.310 e. The van der Waals surface area contributed by atoms with E-state index in [2.05, 4.69) is 59.8 Å². The molecule has 2 aromatic rings. The topological polar surface area (TPSA) is 42.7 Å². The largest absolute Gasteiger partial charge is 0.310 e. The molecule has 1 heterocycles. The van der Waals surface area contributed by atoms with Crippen LogP contribution in [0, 0.1) is 5.92 Å². The second kappa shape index (κ2) is 7.04. The molecule has 0 saturated carbocycles. The molecule has 0 aliphatic carbocycles. The summed E-state index contributed by atoms with van der Waals surface area (Å²) in [4.78, 5) is 0. The molecule has 0 radical (unpaired) electrons. The van der Waals surface area contributed by atoms with E-state index in [0.29, 0.717) is 12.0 Å². The van der Waals surface area contributed by atoms with Gasteiger partial charge in [0.2, 0.25) is 0 Å². The molecule has 0 aliphatic heterocycles. The van der Waals surface area contributed by atoms with Gasteiger partial charge in [-0.1, -0.05) is 49.4 Å². The zero-order valence-corrected chi connectivity index (χ0v) is 11.7. The Hall–Kier alpha value is -1.68. The van der Waals surface area contributed by atoms with E-state index < -0.39 is 0 Å². The summed E-state index contributed by atoms with van der Waals surface area (Å²) in [5, 5.41) is 11.4. The van der Waals surface area contributed by atoms with Crippen LogP contribution >= 0.6 is 0 Å². The fourth-order valence-electron chi connectivity index (χ4n) is 2.25. The third-order valence-electron chi connectivity index (χ3n) is 3.23. The summed E-state index contributed by atoms with van der Waals surface area (Å²) >= 11 is 0. The lowest BCUT2D eigenvalue weighted by Gasteiger charge is -2.23. The molecule has 4 heteroatoms. The van der Waals surface area contributed by atoms with Crippen molar-refractivity contribution in [3.05, 3.63) is 48.3 Å². The fraction of sp³-hybridized carbons (Fsp3) is 0.467. The molecule has 1 aromatic carbocycles. The first kappa shape index (κ1) is 13.7. The van der Waals surface area contributed by atoms with Crippen molar-refractivity contribution in [2.24, 2.45) is 5.92 Å². The van der Waals surface area contributed by atoms with Gasteiger partial charge in [0, 0.05) is 18.8 Å². The molecule has 19 heavy (non-hydrogen) atoms. The number of hydrogen-bond donors (Lipinski definition) is 1. The lowest BCUT2D eigenvalue weighted by atomic mass is 9.96. The number of nitrogens with zero attached hydrogens (tertiary/aromatic N) is 3. The SMILES string of the molecule is CC(C)C(NCCCn1ccnn1)c1ccccc1. The van der Waals surface area contributed by atoms with E-state index in [0.717, 1.165) is 19.5 Å². The quantitative estimate of drug-likeness (QED) is 0.776. The lowest BCUT2D eigenvalue weighted by Crippen LogP contribution is -2.27. The van der Waals surface area contributed by atoms with Gasteiger partial charge in [-0.2, -0.15) is 0 Å². The Kier molecular flexibility index (Phi) is 5.10. The van der Waals surface area contributed by atoms with Crippen molar-refractivity contribution in [2.75, 3.05) is 6.54 Å². The van der Waals surface area contributed by atoms with Crippen molar-refractivity contribution in [3.8, 4) is 0 Å². The van der Waals surface area contributed by atoms with Gasteiger partial charge in [-0.05, 0) is 24.4 Å². The van der Waals surface area contributed by atoms with Crippen LogP contribution in [-0.2, 0) is 6.54 Å². The van der Waals surface area contributed by atoms with Gasteiger partial charge in [-0.3, -0.25) is 4.68 Å². The zero-order chi connectivity index (χ0) is 13.5. The number of benzene rings is 1. The normalized spacial score (nSPS) is 12.8. The van der Waals surface area contributed by atoms with Gasteiger partial charge in [0.05, 0.1) is 6.20 Å². The van der Waals surface area contributed by atoms with Gasteiger partial charge in [0.25, 0.3) is 0 Å². The molecule has 0 bridgehead atoms. The molecule has 1 atom stereocenters. The van der Waals surface area contributed by atoms with Crippen LogP contribution in [0.4, 0.5) is 0 Å². The van der Waals surface area contributed by atoms with Gasteiger partial charge in [-0.25, -0.2) is 0 Å². The fourth-order valence-corrected chi connectivity index (χ4v) is 2.25. The van der Waals surface area contributed by atoms with E-state index in [9.17, 15) is 0 Å². The molecular weight excluding hydrogens is 236 g/mol. The van der Waals surface area contributed by atoms with Crippen molar-refractivity contribution in [1.82, 2.24) is 20.3 Å². The number of rotatable bonds is 7. The molecule has 2 rings (SSSR count). The van der Waals surface area contributed by atoms with Crippen molar-refractivity contribution < 1.29 is 0 Å². The first-order valence-corrected chi connectivity index (χ1v) is 6.90. The van der Waals surface area contributed by atoms with Crippen LogP contribution < -0.4 is 5.32 Å². The third-order valence-corrected chi connectivity index (χ3v) is 3.23. The molecule has 1 aromatic heterocycles. The molecule has 0 fully saturated rings. The molecule has 0 amide bonds. The van der Waals surface area contributed by atoms with Crippen molar-refractivity contribution in [3.63, 3.8) is 0 Å². The molecule has 0 aliphatic rings. The maximum atomic E-state index is 3.97. The second-order valence-corrected chi connectivity index (χ2v) is 5.11. The first-order valence-electron chi connectivity index (χ1n) is 6.90. The zero-order valence-electron chi connectivity index (χ0n) is 11.7. The standard InChI is InChI=1S/C15H22N4/c1-13(2)15(14-7-4-3-5-8-14)16-9-6-11-19-12-10-17-18-19/h3-5,7-8,10,12-13,15-16H,6,9,11H2,1-2H3. The maximum Gasteiger partial charge on any atom is 0.0692 e. The highest BCUT2D eigenvalue weighted by Crippen LogP contribution is 2.20. The Morgan fingerprint density at radius 2 is 2.00 bits per heavy atom. The predicted molar refractivity (Wildman–Crippen MR) is 76.7 cm³/mol. The van der Waals surface area contributed by atoms with Crippen molar-refractivity contribution in [2.45, 2.75) is 32.9 Å². The molecule has 0 spiro atoms. The van der Waals surface area contributed by atoms with Crippen LogP contribution in [0.25, 0.3) is 0 Å². The van der Waals surface area contributed by atoms with Crippen LogP contribution in [0.2, 0.25) is 0 Å². The van der Waals surface area contributed by atoms with Gasteiger partial charge in [-0.15, -0.1) is 5.10 Å². The molecule has 102 valence electrons. The van der Waals surface area contributed by atoms with Crippen LogP contribution in [-0.4, -0.2) is 21.5 Å². The van der Waals surface area contributed by atoms with Gasteiger partial charge < -0.3 is 5.32 Å². The van der Waals surface area contributed by atoms with E-state index in [-0.39, 0.29) is 0 Å². The van der Waals surface area contributed by atoms with Crippen LogP contribution in [0.15, 0.2) is 42.7 Å². The number of hydrogen-bond acceptors (Lipinski definition) is 3. The molecule has 1 unspecified atom stereocenters. The molecule has 0 saturated heterocycles. The van der Waals surface area contributed by atoms with E-state index in [1.807, 2.05) is 10.9 Å². The Labute approximate surface area is 114 Å². The highest BCUT2D eigenvalue weighted by atomic mass is 15.4. The van der Waals surface area contributed by atoms with E-state index in [1.54, 1.807) is 6.20 Å². The highest BCUT2D eigenvalue weighted by Gasteiger charge is 2.14. The predicted octanol–water partition coefficient (Wildman–Crippen LogP) is 2.66. The third kappa shape index (κ3) is 4.17. The summed E-state index contributed by atoms with van der Waals surface area (Å²) in [7, 11) is 0. The highest BCUT2D eigenvalue weighted by molar-refractivity contribution is 5.19. The van der Waals surface area contributed by atoms with Crippen LogP contribution in [0.5, 0.6) is 0 Å². The van der Waals surface area contributed by atoms with Crippen molar-refractivity contribution in [1.29, 1.82) is 0 Å². The summed E-state index contributed by atoms with van der Waals surface area (Å²) < 4.78 is 1.87. The number of aromatic nitrogens is 3. The monoisotopic (exact) mass is 258 g/mol. The smallest absolute Gasteiger partial charge is 0.0692 e. The molecular formula is C15H22N4. The average Bonchev–Trinajstić information content (AvgIpc) is 2.92. The Bertz CT molecular complexity index is 450. The van der Waals surface area contributed by atoms with Gasteiger partial charge >= 0.3 is 0 Å². The summed E-state index contributed by atoms with van der Waals surface area (Å²) in [5.74, 6) is 0.578. The Balaban J connectivity index is 1.81. The maximum absolute atomic E-state index is 3.97. The summed E-state index contributed by atoms with van der Waals surface area (Å²) in [6.07, 6.45) is 4.67. The minimum atomic E-state index is 0.414. The van der Waals surface area contributed by atoms with Gasteiger partial charge in [0.15, 0.2) is 0 Å². The van der Waals surface area contributed by atoms with E-state index >= 15 is 0 Å². The molecule has 4 nitrogen and oxygen atoms in total. The average molecular weight is 258 g/mol. The van der Waals surface area contributed by atoms with Crippen LogP contribution in [0.3, 0.4) is 0 Å². The first-order chi connectivity index (χ1) is 9.27. The van der Waals surface area contributed by atoms with Crippen LogP contribution in [0.1, 0.15) is 31.9 Å². The molecule has 1 N–H and O–H groups in total. The lowest BCUT2D eigenvalue weighted by molar-refractivity contribution is 0.399. The van der Waals surface area contributed by atoms with E-state index in [1.165, 1.54) is 5.56 Å². The summed E-state index contributed by atoms with van der Waals surface area (Å²) in [5.41, 5.74) is 1.36.